The number of ether oxygens (including phenoxy) is 1. The number of fused-ring (bicyclic) bond motifs is 1. The van der Waals surface area contributed by atoms with Crippen LogP contribution in [-0.2, 0) is 13.1 Å². The van der Waals surface area contributed by atoms with Crippen molar-refractivity contribution in [3.8, 4) is 5.88 Å². The van der Waals surface area contributed by atoms with Gasteiger partial charge >= 0.3 is 0 Å². The minimum Gasteiger partial charge on any atom is -0.481 e. The summed E-state index contributed by atoms with van der Waals surface area (Å²) in [6, 6.07) is 0. The lowest BCUT2D eigenvalue weighted by Crippen LogP contribution is -2.22. The highest BCUT2D eigenvalue weighted by molar-refractivity contribution is 5.40. The molecule has 0 radical (unpaired) electrons. The second-order valence-electron chi connectivity index (χ2n) is 4.76. The first-order valence-corrected chi connectivity index (χ1v) is 6.25. The van der Waals surface area contributed by atoms with Crippen LogP contribution in [0.5, 0.6) is 5.88 Å². The van der Waals surface area contributed by atoms with Crippen LogP contribution in [0.1, 0.15) is 30.5 Å². The van der Waals surface area contributed by atoms with Gasteiger partial charge in [0, 0.05) is 19.6 Å². The molecule has 1 aromatic heterocycles. The summed E-state index contributed by atoms with van der Waals surface area (Å²) in [5.41, 5.74) is 2.16. The summed E-state index contributed by atoms with van der Waals surface area (Å²) in [5.74, 6) is 2.21. The molecule has 3 rings (SSSR count). The van der Waals surface area contributed by atoms with Crippen molar-refractivity contribution in [2.45, 2.75) is 32.4 Å². The molecule has 1 aliphatic carbocycles. The van der Waals surface area contributed by atoms with Crippen molar-refractivity contribution in [2.75, 3.05) is 19.0 Å². The zero-order chi connectivity index (χ0) is 11.7. The largest absolute Gasteiger partial charge is 0.481 e. The maximum Gasteiger partial charge on any atom is 0.226 e. The maximum atomic E-state index is 5.31. The van der Waals surface area contributed by atoms with Crippen LogP contribution in [-0.4, -0.2) is 23.6 Å². The molecule has 0 saturated heterocycles. The second kappa shape index (κ2) is 4.49. The van der Waals surface area contributed by atoms with Gasteiger partial charge in [0.05, 0.1) is 18.4 Å². The summed E-state index contributed by atoms with van der Waals surface area (Å²) in [5, 5.41) is 6.59. The summed E-state index contributed by atoms with van der Waals surface area (Å²) in [7, 11) is 1.66. The molecule has 92 valence electrons. The van der Waals surface area contributed by atoms with Crippen molar-refractivity contribution in [1.29, 1.82) is 0 Å². The zero-order valence-electron chi connectivity index (χ0n) is 10.1. The zero-order valence-corrected chi connectivity index (χ0v) is 10.1. The molecule has 2 aliphatic rings. The summed E-state index contributed by atoms with van der Waals surface area (Å²) in [4.78, 5) is 8.94. The van der Waals surface area contributed by atoms with Gasteiger partial charge in [-0.2, -0.15) is 4.98 Å². The van der Waals surface area contributed by atoms with Gasteiger partial charge in [-0.25, -0.2) is 4.98 Å². The molecular formula is C12H18N4O. The first kappa shape index (κ1) is 10.8. The van der Waals surface area contributed by atoms with E-state index in [1.165, 1.54) is 19.3 Å². The van der Waals surface area contributed by atoms with Crippen molar-refractivity contribution >= 4 is 5.95 Å². The third kappa shape index (κ3) is 2.07. The van der Waals surface area contributed by atoms with Gasteiger partial charge in [-0.05, 0) is 18.8 Å². The van der Waals surface area contributed by atoms with Crippen LogP contribution in [0.2, 0.25) is 0 Å². The third-order valence-corrected chi connectivity index (χ3v) is 3.62. The Morgan fingerprint density at radius 3 is 2.94 bits per heavy atom. The first-order valence-electron chi connectivity index (χ1n) is 6.25. The lowest BCUT2D eigenvalue weighted by atomic mass is 9.85. The number of anilines is 1. The molecule has 0 spiro atoms. The van der Waals surface area contributed by atoms with Gasteiger partial charge in [0.25, 0.3) is 0 Å². The molecule has 0 amide bonds. The Hall–Kier alpha value is -1.36. The van der Waals surface area contributed by atoms with E-state index in [4.69, 9.17) is 4.74 Å². The fourth-order valence-corrected chi connectivity index (χ4v) is 2.32. The van der Waals surface area contributed by atoms with E-state index in [0.29, 0.717) is 11.8 Å². The van der Waals surface area contributed by atoms with Crippen molar-refractivity contribution in [2.24, 2.45) is 5.92 Å². The van der Waals surface area contributed by atoms with Crippen LogP contribution >= 0.6 is 0 Å². The number of nitrogens with one attached hydrogen (secondary N) is 2. The normalized spacial score (nSPS) is 18.6. The van der Waals surface area contributed by atoms with Crippen LogP contribution in [0, 0.1) is 5.92 Å². The predicted octanol–water partition coefficient (Wildman–Crippen LogP) is 1.30. The minimum atomic E-state index is 0.705. The van der Waals surface area contributed by atoms with Crippen molar-refractivity contribution in [1.82, 2.24) is 15.3 Å². The topological polar surface area (TPSA) is 59.1 Å². The Morgan fingerprint density at radius 1 is 1.35 bits per heavy atom. The monoisotopic (exact) mass is 234 g/mol. The lowest BCUT2D eigenvalue weighted by molar-refractivity contribution is 0.332. The first-order chi connectivity index (χ1) is 8.36. The molecule has 2 N–H and O–H groups in total. The minimum absolute atomic E-state index is 0.705. The number of hydrogen-bond acceptors (Lipinski definition) is 5. The van der Waals surface area contributed by atoms with E-state index in [2.05, 4.69) is 20.6 Å². The van der Waals surface area contributed by atoms with Gasteiger partial charge in [-0.3, -0.25) is 0 Å². The van der Waals surface area contributed by atoms with E-state index in [9.17, 15) is 0 Å². The fourth-order valence-electron chi connectivity index (χ4n) is 2.32. The number of aromatic nitrogens is 2. The summed E-state index contributed by atoms with van der Waals surface area (Å²) in [6.07, 6.45) is 4.03. The fraction of sp³-hybridized carbons (Fsp3) is 0.667. The Kier molecular flexibility index (Phi) is 2.84. The van der Waals surface area contributed by atoms with Crippen LogP contribution in [0.4, 0.5) is 5.95 Å². The van der Waals surface area contributed by atoms with Crippen LogP contribution in [0.3, 0.4) is 0 Å². The summed E-state index contributed by atoms with van der Waals surface area (Å²) in [6.45, 7) is 2.60. The van der Waals surface area contributed by atoms with Gasteiger partial charge in [-0.15, -0.1) is 0 Å². The Labute approximate surface area is 101 Å². The molecule has 5 heteroatoms. The predicted molar refractivity (Wildman–Crippen MR) is 65.0 cm³/mol. The number of hydrogen-bond donors (Lipinski definition) is 2. The van der Waals surface area contributed by atoms with Crippen LogP contribution in [0.15, 0.2) is 0 Å². The molecular weight excluding hydrogens is 216 g/mol. The molecule has 1 fully saturated rings. The smallest absolute Gasteiger partial charge is 0.226 e. The highest BCUT2D eigenvalue weighted by atomic mass is 16.5. The molecule has 0 aromatic carbocycles. The van der Waals surface area contributed by atoms with Crippen molar-refractivity contribution in [3.05, 3.63) is 11.3 Å². The van der Waals surface area contributed by atoms with Crippen LogP contribution in [0.25, 0.3) is 0 Å². The van der Waals surface area contributed by atoms with Gasteiger partial charge in [0.15, 0.2) is 0 Å². The van der Waals surface area contributed by atoms with Gasteiger partial charge in [-0.1, -0.05) is 6.42 Å². The van der Waals surface area contributed by atoms with Gasteiger partial charge < -0.3 is 15.4 Å². The lowest BCUT2D eigenvalue weighted by Gasteiger charge is -2.25. The Bertz CT molecular complexity index is 417. The average molecular weight is 234 g/mol. The van der Waals surface area contributed by atoms with Crippen molar-refractivity contribution in [3.63, 3.8) is 0 Å². The molecule has 5 nitrogen and oxygen atoms in total. The van der Waals surface area contributed by atoms with E-state index in [-0.39, 0.29) is 0 Å². The molecule has 1 aliphatic heterocycles. The highest BCUT2D eigenvalue weighted by Crippen LogP contribution is 2.27. The highest BCUT2D eigenvalue weighted by Gasteiger charge is 2.21. The SMILES string of the molecule is COc1nc(NCC2CCC2)nc2c1CNC2. The molecule has 17 heavy (non-hydrogen) atoms. The molecule has 1 saturated carbocycles. The van der Waals surface area contributed by atoms with E-state index < -0.39 is 0 Å². The Morgan fingerprint density at radius 2 is 2.24 bits per heavy atom. The number of nitrogens with zero attached hydrogens (tertiary/aromatic N) is 2. The molecule has 0 atom stereocenters. The van der Waals surface area contributed by atoms with Gasteiger partial charge in [0.1, 0.15) is 0 Å². The molecule has 2 heterocycles. The number of methoxy groups -OCH3 is 1. The molecule has 0 bridgehead atoms. The van der Waals surface area contributed by atoms with Crippen molar-refractivity contribution < 1.29 is 4.74 Å². The summed E-state index contributed by atoms with van der Waals surface area (Å²) >= 11 is 0. The molecule has 1 aromatic rings. The number of rotatable bonds is 4. The van der Waals surface area contributed by atoms with Crippen LogP contribution < -0.4 is 15.4 Å². The van der Waals surface area contributed by atoms with E-state index >= 15 is 0 Å². The second-order valence-corrected chi connectivity index (χ2v) is 4.76. The maximum absolute atomic E-state index is 5.31. The summed E-state index contributed by atoms with van der Waals surface area (Å²) < 4.78 is 5.31. The average Bonchev–Trinajstić information content (AvgIpc) is 2.73. The van der Waals surface area contributed by atoms with E-state index in [1.807, 2.05) is 0 Å². The molecule has 0 unspecified atom stereocenters. The standard InChI is InChI=1S/C12H18N4O/c1-17-11-9-6-13-7-10(9)15-12(16-11)14-5-8-3-2-4-8/h8,13H,2-7H2,1H3,(H,14,15,16). The Balaban J connectivity index is 1.75. The third-order valence-electron chi connectivity index (χ3n) is 3.62. The quantitative estimate of drug-likeness (QED) is 0.822. The van der Waals surface area contributed by atoms with E-state index in [1.54, 1.807) is 7.11 Å². The van der Waals surface area contributed by atoms with E-state index in [0.717, 1.165) is 36.8 Å². The van der Waals surface area contributed by atoms with Gasteiger partial charge in [0.2, 0.25) is 11.8 Å².